The van der Waals surface area contributed by atoms with Gasteiger partial charge in [0.15, 0.2) is 0 Å². The van der Waals surface area contributed by atoms with E-state index >= 15 is 0 Å². The lowest BCUT2D eigenvalue weighted by atomic mass is 10.1. The first kappa shape index (κ1) is 12.7. The highest BCUT2D eigenvalue weighted by Crippen LogP contribution is 2.24. The standard InChI is InChI=1S/C16H17N3O/c1-10(2)8-18-16(20)14-7-12-11-5-3-4-6-13(11)19-15(12)9-17-14/h3-7,9-10,19H,8H2,1-2H3,(H,18,20). The van der Waals surface area contributed by atoms with Crippen molar-refractivity contribution in [1.82, 2.24) is 15.3 Å². The summed E-state index contributed by atoms with van der Waals surface area (Å²) in [6.07, 6.45) is 1.72. The van der Waals surface area contributed by atoms with Crippen LogP contribution in [-0.4, -0.2) is 22.4 Å². The van der Waals surface area contributed by atoms with Crippen LogP contribution in [0.1, 0.15) is 24.3 Å². The molecule has 0 radical (unpaired) electrons. The smallest absolute Gasteiger partial charge is 0.269 e. The van der Waals surface area contributed by atoms with E-state index in [1.54, 1.807) is 6.20 Å². The Labute approximate surface area is 117 Å². The quantitative estimate of drug-likeness (QED) is 0.766. The van der Waals surface area contributed by atoms with Crippen molar-refractivity contribution in [3.63, 3.8) is 0 Å². The van der Waals surface area contributed by atoms with Crippen molar-refractivity contribution in [2.24, 2.45) is 5.92 Å². The topological polar surface area (TPSA) is 57.8 Å². The van der Waals surface area contributed by atoms with Crippen LogP contribution >= 0.6 is 0 Å². The lowest BCUT2D eigenvalue weighted by molar-refractivity contribution is 0.0944. The SMILES string of the molecule is CC(C)CNC(=O)c1cc2c(cn1)[nH]c1ccccc12. The maximum absolute atomic E-state index is 12.1. The summed E-state index contributed by atoms with van der Waals surface area (Å²) in [4.78, 5) is 19.6. The molecule has 2 N–H and O–H groups in total. The minimum atomic E-state index is -0.120. The van der Waals surface area contributed by atoms with Gasteiger partial charge in [-0.15, -0.1) is 0 Å². The first-order valence-electron chi connectivity index (χ1n) is 6.80. The predicted octanol–water partition coefficient (Wildman–Crippen LogP) is 3.10. The molecule has 102 valence electrons. The van der Waals surface area contributed by atoms with Crippen molar-refractivity contribution in [2.75, 3.05) is 6.54 Å². The number of nitrogens with one attached hydrogen (secondary N) is 2. The lowest BCUT2D eigenvalue weighted by Gasteiger charge is -2.06. The molecule has 4 heteroatoms. The molecule has 0 saturated carbocycles. The number of pyridine rings is 1. The van der Waals surface area contributed by atoms with Gasteiger partial charge in [0.2, 0.25) is 0 Å². The van der Waals surface area contributed by atoms with E-state index in [0.717, 1.165) is 21.8 Å². The molecule has 2 heterocycles. The van der Waals surface area contributed by atoms with Gasteiger partial charge in [0.25, 0.3) is 5.91 Å². The molecule has 0 fully saturated rings. The number of fused-ring (bicyclic) bond motifs is 3. The van der Waals surface area contributed by atoms with Crippen molar-refractivity contribution in [1.29, 1.82) is 0 Å². The normalized spacial score (nSPS) is 11.3. The molecule has 1 aromatic carbocycles. The molecule has 0 aliphatic carbocycles. The van der Waals surface area contributed by atoms with Gasteiger partial charge >= 0.3 is 0 Å². The Bertz CT molecular complexity index is 774. The summed E-state index contributed by atoms with van der Waals surface area (Å²) in [6, 6.07) is 9.90. The Kier molecular flexibility index (Phi) is 3.14. The summed E-state index contributed by atoms with van der Waals surface area (Å²) < 4.78 is 0. The number of aromatic amines is 1. The zero-order valence-corrected chi connectivity index (χ0v) is 11.6. The van der Waals surface area contributed by atoms with Crippen LogP contribution in [0, 0.1) is 5.92 Å². The number of carbonyl (C=O) groups is 1. The minimum absolute atomic E-state index is 0.120. The van der Waals surface area contributed by atoms with Gasteiger partial charge in [-0.05, 0) is 18.1 Å². The van der Waals surface area contributed by atoms with Crippen LogP contribution in [0.5, 0.6) is 0 Å². The lowest BCUT2D eigenvalue weighted by Crippen LogP contribution is -2.27. The molecule has 0 aliphatic heterocycles. The third kappa shape index (κ3) is 2.25. The fourth-order valence-corrected chi connectivity index (χ4v) is 2.26. The molecule has 20 heavy (non-hydrogen) atoms. The molecule has 3 aromatic rings. The van der Waals surface area contributed by atoms with Crippen molar-refractivity contribution >= 4 is 27.7 Å². The molecule has 0 bridgehead atoms. The summed E-state index contributed by atoms with van der Waals surface area (Å²) in [6.45, 7) is 4.79. The van der Waals surface area contributed by atoms with E-state index in [1.807, 2.05) is 30.3 Å². The van der Waals surface area contributed by atoms with E-state index in [9.17, 15) is 4.79 Å². The molecule has 1 amide bonds. The Morgan fingerprint density at radius 1 is 1.25 bits per heavy atom. The van der Waals surface area contributed by atoms with Gasteiger partial charge in [0.1, 0.15) is 5.69 Å². The number of benzene rings is 1. The maximum atomic E-state index is 12.1. The number of H-pyrrole nitrogens is 1. The van der Waals surface area contributed by atoms with E-state index in [1.165, 1.54) is 0 Å². The first-order valence-corrected chi connectivity index (χ1v) is 6.80. The highest BCUT2D eigenvalue weighted by molar-refractivity contribution is 6.09. The molecular formula is C16H17N3O. The molecule has 2 aromatic heterocycles. The van der Waals surface area contributed by atoms with Crippen LogP contribution in [0.25, 0.3) is 21.8 Å². The third-order valence-electron chi connectivity index (χ3n) is 3.29. The summed E-state index contributed by atoms with van der Waals surface area (Å²) in [7, 11) is 0. The number of nitrogens with zero attached hydrogens (tertiary/aromatic N) is 1. The fourth-order valence-electron chi connectivity index (χ4n) is 2.26. The van der Waals surface area contributed by atoms with E-state index in [2.05, 4.69) is 29.1 Å². The van der Waals surface area contributed by atoms with Gasteiger partial charge in [0, 0.05) is 22.8 Å². The molecule has 4 nitrogen and oxygen atoms in total. The van der Waals surface area contributed by atoms with Crippen molar-refractivity contribution in [3.8, 4) is 0 Å². The maximum Gasteiger partial charge on any atom is 0.269 e. The van der Waals surface area contributed by atoms with Gasteiger partial charge in [-0.1, -0.05) is 32.0 Å². The van der Waals surface area contributed by atoms with E-state index in [4.69, 9.17) is 0 Å². The molecule has 0 saturated heterocycles. The largest absolute Gasteiger partial charge is 0.353 e. The minimum Gasteiger partial charge on any atom is -0.353 e. The van der Waals surface area contributed by atoms with Gasteiger partial charge < -0.3 is 10.3 Å². The Hall–Kier alpha value is -2.36. The first-order chi connectivity index (χ1) is 9.65. The number of hydrogen-bond donors (Lipinski definition) is 2. The number of rotatable bonds is 3. The van der Waals surface area contributed by atoms with Crippen LogP contribution in [0.3, 0.4) is 0 Å². The highest BCUT2D eigenvalue weighted by atomic mass is 16.1. The van der Waals surface area contributed by atoms with Crippen LogP contribution in [0.4, 0.5) is 0 Å². The van der Waals surface area contributed by atoms with Crippen LogP contribution in [0.15, 0.2) is 36.5 Å². The number of amides is 1. The van der Waals surface area contributed by atoms with Crippen LogP contribution in [-0.2, 0) is 0 Å². The zero-order valence-electron chi connectivity index (χ0n) is 11.6. The Morgan fingerprint density at radius 3 is 2.85 bits per heavy atom. The Balaban J connectivity index is 2.01. The molecule has 0 unspecified atom stereocenters. The number of carbonyl (C=O) groups excluding carboxylic acids is 1. The second kappa shape index (κ2) is 4.96. The summed E-state index contributed by atoms with van der Waals surface area (Å²) in [5.74, 6) is 0.307. The van der Waals surface area contributed by atoms with E-state index in [0.29, 0.717) is 18.2 Å². The highest BCUT2D eigenvalue weighted by Gasteiger charge is 2.11. The third-order valence-corrected chi connectivity index (χ3v) is 3.29. The molecular weight excluding hydrogens is 250 g/mol. The van der Waals surface area contributed by atoms with E-state index in [-0.39, 0.29) is 5.91 Å². The van der Waals surface area contributed by atoms with E-state index < -0.39 is 0 Å². The van der Waals surface area contributed by atoms with Gasteiger partial charge in [-0.25, -0.2) is 4.98 Å². The average Bonchev–Trinajstić information content (AvgIpc) is 2.82. The van der Waals surface area contributed by atoms with Crippen molar-refractivity contribution in [3.05, 3.63) is 42.2 Å². The average molecular weight is 267 g/mol. The Morgan fingerprint density at radius 2 is 2.05 bits per heavy atom. The van der Waals surface area contributed by atoms with Gasteiger partial charge in [-0.3, -0.25) is 4.79 Å². The predicted molar refractivity (Wildman–Crippen MR) is 80.8 cm³/mol. The van der Waals surface area contributed by atoms with Crippen LogP contribution in [0.2, 0.25) is 0 Å². The second-order valence-corrected chi connectivity index (χ2v) is 5.39. The second-order valence-electron chi connectivity index (χ2n) is 5.39. The summed E-state index contributed by atoms with van der Waals surface area (Å²) in [5.41, 5.74) is 2.47. The molecule has 0 atom stereocenters. The van der Waals surface area contributed by atoms with Gasteiger partial charge in [-0.2, -0.15) is 0 Å². The molecule has 3 rings (SSSR count). The van der Waals surface area contributed by atoms with Gasteiger partial charge in [0.05, 0.1) is 11.7 Å². The van der Waals surface area contributed by atoms with Crippen LogP contribution < -0.4 is 5.32 Å². The fraction of sp³-hybridized carbons (Fsp3) is 0.250. The summed E-state index contributed by atoms with van der Waals surface area (Å²) in [5, 5.41) is 5.04. The molecule has 0 aliphatic rings. The number of para-hydroxylation sites is 1. The number of aromatic nitrogens is 2. The number of hydrogen-bond acceptors (Lipinski definition) is 2. The van der Waals surface area contributed by atoms with Crippen molar-refractivity contribution in [2.45, 2.75) is 13.8 Å². The summed E-state index contributed by atoms with van der Waals surface area (Å²) >= 11 is 0. The molecule has 0 spiro atoms. The monoisotopic (exact) mass is 267 g/mol. The zero-order chi connectivity index (χ0) is 14.1. The van der Waals surface area contributed by atoms with Crippen molar-refractivity contribution < 1.29 is 4.79 Å².